The normalized spacial score (nSPS) is 12.9. The van der Waals surface area contributed by atoms with E-state index in [1.165, 1.54) is 24.3 Å². The largest absolute Gasteiger partial charge is 0.374 e. The van der Waals surface area contributed by atoms with Crippen LogP contribution >= 0.6 is 0 Å². The zero-order chi connectivity index (χ0) is 41.1. The van der Waals surface area contributed by atoms with Crippen LogP contribution in [-0.2, 0) is 28.9 Å². The van der Waals surface area contributed by atoms with Crippen molar-refractivity contribution in [1.82, 2.24) is 32.4 Å². The first-order valence-electron chi connectivity index (χ1n) is 18.8. The molecule has 0 heterocycles. The second-order valence-electron chi connectivity index (χ2n) is 15.8. The van der Waals surface area contributed by atoms with Crippen molar-refractivity contribution >= 4 is 35.4 Å². The Bertz CT molecular complexity index is 1370. The Kier molecular flexibility index (Phi) is 21.1. The summed E-state index contributed by atoms with van der Waals surface area (Å²) in [6.07, 6.45) is 0.0963. The molecule has 0 aliphatic rings. The van der Waals surface area contributed by atoms with Gasteiger partial charge in [0, 0.05) is 36.3 Å². The van der Waals surface area contributed by atoms with E-state index in [4.69, 9.17) is 14.5 Å². The van der Waals surface area contributed by atoms with E-state index in [9.17, 15) is 28.8 Å². The number of nitrogens with one attached hydrogen (secondary N) is 6. The second-order valence-corrected chi connectivity index (χ2v) is 15.8. The lowest BCUT2D eigenvalue weighted by Gasteiger charge is -2.20. The quantitative estimate of drug-likeness (QED) is 0.0533. The topological polar surface area (TPSA) is 202 Å². The highest BCUT2D eigenvalue weighted by atomic mass is 16.7. The van der Waals surface area contributed by atoms with E-state index in [1.54, 1.807) is 0 Å². The van der Waals surface area contributed by atoms with Crippen LogP contribution < -0.4 is 32.4 Å². The molecule has 0 aliphatic heterocycles. The number of hydrogen-bond donors (Lipinski definition) is 6. The molecule has 0 spiro atoms. The van der Waals surface area contributed by atoms with Crippen molar-refractivity contribution in [2.75, 3.05) is 19.6 Å². The minimum atomic E-state index is -1.02. The highest BCUT2D eigenvalue weighted by molar-refractivity contribution is 6.04. The molecule has 54 heavy (non-hydrogen) atoms. The van der Waals surface area contributed by atoms with Gasteiger partial charge in [-0.05, 0) is 72.6 Å². The predicted molar refractivity (Wildman–Crippen MR) is 205 cm³/mol. The first-order chi connectivity index (χ1) is 25.2. The average Bonchev–Trinajstić information content (AvgIpc) is 3.09. The van der Waals surface area contributed by atoms with Crippen molar-refractivity contribution in [1.29, 1.82) is 0 Å². The summed E-state index contributed by atoms with van der Waals surface area (Å²) >= 11 is 0. The third-order valence-electron chi connectivity index (χ3n) is 7.27. The van der Waals surface area contributed by atoms with Crippen LogP contribution in [0, 0.1) is 35.5 Å². The van der Waals surface area contributed by atoms with E-state index in [2.05, 4.69) is 32.4 Å². The molecule has 0 bridgehead atoms. The lowest BCUT2D eigenvalue weighted by atomic mass is 10.0. The molecule has 6 amide bonds. The molecular weight excluding hydrogens is 696 g/mol. The molecule has 1 aromatic carbocycles. The molecule has 0 aromatic heterocycles. The number of carbonyl (C=O) groups is 6. The van der Waals surface area contributed by atoms with Gasteiger partial charge in [0.15, 0.2) is 12.2 Å². The van der Waals surface area contributed by atoms with E-state index in [-0.39, 0.29) is 58.0 Å². The highest BCUT2D eigenvalue weighted by Crippen LogP contribution is 2.15. The fourth-order valence-corrected chi connectivity index (χ4v) is 4.50. The van der Waals surface area contributed by atoms with Crippen LogP contribution in [0.1, 0.15) is 127 Å². The number of rotatable bonds is 23. The van der Waals surface area contributed by atoms with Gasteiger partial charge in [0.25, 0.3) is 35.4 Å². The molecule has 1 rings (SSSR count). The Labute approximate surface area is 320 Å². The van der Waals surface area contributed by atoms with Gasteiger partial charge in [-0.25, -0.2) is 11.0 Å². The highest BCUT2D eigenvalue weighted by Gasteiger charge is 2.26. The maximum atomic E-state index is 13.5. The van der Waals surface area contributed by atoms with Crippen LogP contribution in [-0.4, -0.2) is 67.3 Å². The molecule has 6 N–H and O–H groups in total. The minimum absolute atomic E-state index is 0.0492. The van der Waals surface area contributed by atoms with Crippen molar-refractivity contribution < 1.29 is 43.3 Å². The standard InChI is InChI=1S/C39H64N6O9/c1-22(2)13-31(37(49)40-19-25(7)8)52-43-34(46)28-16-29(35(47)44-53-32(14-23(3)4)38(50)41-20-26(9)10)18-30(17-28)36(48)45-54-33(15-24(5)6)39(51)42-21-27(11)12/h13,16-18,22-27,32-33H,14-15,19-21H2,1-12H3,(H,40,49)(H,41,50)(H,42,51)(H,43,46)(H,44,47)(H,45,48)/b31-13+/t32-,33-/m1/s1. The zero-order valence-electron chi connectivity index (χ0n) is 34.1. The summed E-state index contributed by atoms with van der Waals surface area (Å²) < 4.78 is 0. The molecular formula is C39H64N6O9. The first-order valence-corrected chi connectivity index (χ1v) is 18.8. The van der Waals surface area contributed by atoms with Crippen LogP contribution in [0.3, 0.4) is 0 Å². The van der Waals surface area contributed by atoms with E-state index >= 15 is 0 Å². The first kappa shape index (κ1) is 47.5. The fourth-order valence-electron chi connectivity index (χ4n) is 4.50. The molecule has 15 nitrogen and oxygen atoms in total. The Morgan fingerprint density at radius 2 is 0.870 bits per heavy atom. The molecule has 0 fully saturated rings. The van der Waals surface area contributed by atoms with Crippen molar-refractivity contribution in [3.63, 3.8) is 0 Å². The Morgan fingerprint density at radius 3 is 1.20 bits per heavy atom. The summed E-state index contributed by atoms with van der Waals surface area (Å²) in [4.78, 5) is 95.5. The van der Waals surface area contributed by atoms with Crippen molar-refractivity contribution in [3.8, 4) is 0 Å². The van der Waals surface area contributed by atoms with E-state index in [1.807, 2.05) is 83.1 Å². The van der Waals surface area contributed by atoms with Crippen LogP contribution in [0.5, 0.6) is 0 Å². The Hall–Kier alpha value is -4.50. The third kappa shape index (κ3) is 19.0. The number of benzene rings is 1. The van der Waals surface area contributed by atoms with Gasteiger partial charge < -0.3 is 20.8 Å². The van der Waals surface area contributed by atoms with E-state index < -0.39 is 47.7 Å². The summed E-state index contributed by atoms with van der Waals surface area (Å²) in [6.45, 7) is 24.1. The maximum Gasteiger partial charge on any atom is 0.289 e. The van der Waals surface area contributed by atoms with Crippen molar-refractivity contribution in [3.05, 3.63) is 46.7 Å². The monoisotopic (exact) mass is 760 g/mol. The number of hydrogen-bond acceptors (Lipinski definition) is 9. The SMILES string of the molecule is CC(C)/C=C(/ONC(=O)c1cc(C(=O)NO[C@H](CC(C)C)C(=O)NCC(C)C)cc(C(=O)NO[C@H](CC(C)C)C(=O)NCC(C)C)c1)C(=O)NCC(C)C. The number of hydroxylamine groups is 3. The number of amides is 6. The number of allylic oxidation sites excluding steroid dienone is 1. The minimum Gasteiger partial charge on any atom is -0.374 e. The molecule has 0 aliphatic carbocycles. The Morgan fingerprint density at radius 1 is 0.519 bits per heavy atom. The summed E-state index contributed by atoms with van der Waals surface area (Å²) in [5.41, 5.74) is 6.24. The summed E-state index contributed by atoms with van der Waals surface area (Å²) in [5.74, 6) is -3.56. The average molecular weight is 761 g/mol. The van der Waals surface area contributed by atoms with Gasteiger partial charge in [-0.15, -0.1) is 0 Å². The van der Waals surface area contributed by atoms with Crippen LogP contribution in [0.15, 0.2) is 30.0 Å². The van der Waals surface area contributed by atoms with Crippen LogP contribution in [0.4, 0.5) is 0 Å². The van der Waals surface area contributed by atoms with Gasteiger partial charge in [-0.2, -0.15) is 5.48 Å². The zero-order valence-corrected chi connectivity index (χ0v) is 34.1. The Balaban J connectivity index is 3.45. The number of carbonyl (C=O) groups excluding carboxylic acids is 6. The van der Waals surface area contributed by atoms with E-state index in [0.29, 0.717) is 32.5 Å². The van der Waals surface area contributed by atoms with Gasteiger partial charge >= 0.3 is 0 Å². The van der Waals surface area contributed by atoms with Crippen LogP contribution in [0.25, 0.3) is 0 Å². The van der Waals surface area contributed by atoms with Crippen molar-refractivity contribution in [2.24, 2.45) is 35.5 Å². The summed E-state index contributed by atoms with van der Waals surface area (Å²) in [6, 6.07) is 3.58. The molecule has 0 radical (unpaired) electrons. The molecule has 15 heteroatoms. The molecule has 0 saturated heterocycles. The molecule has 0 unspecified atom stereocenters. The molecule has 304 valence electrons. The van der Waals surface area contributed by atoms with Crippen molar-refractivity contribution in [2.45, 2.75) is 108 Å². The third-order valence-corrected chi connectivity index (χ3v) is 7.27. The van der Waals surface area contributed by atoms with Gasteiger partial charge in [0.2, 0.25) is 5.76 Å². The van der Waals surface area contributed by atoms with E-state index in [0.717, 1.165) is 0 Å². The lowest BCUT2D eigenvalue weighted by molar-refractivity contribution is -0.138. The fraction of sp³-hybridized carbons (Fsp3) is 0.641. The second kappa shape index (κ2) is 24.0. The van der Waals surface area contributed by atoms with Gasteiger partial charge in [0.1, 0.15) is 0 Å². The smallest absolute Gasteiger partial charge is 0.289 e. The predicted octanol–water partition coefficient (Wildman–Crippen LogP) is 4.36. The van der Waals surface area contributed by atoms with Crippen LogP contribution in [0.2, 0.25) is 0 Å². The molecule has 0 saturated carbocycles. The molecule has 1 aromatic rings. The molecule has 2 atom stereocenters. The van der Waals surface area contributed by atoms with Gasteiger partial charge in [-0.3, -0.25) is 38.4 Å². The summed E-state index contributed by atoms with van der Waals surface area (Å²) in [7, 11) is 0. The van der Waals surface area contributed by atoms with Gasteiger partial charge in [-0.1, -0.05) is 83.1 Å². The summed E-state index contributed by atoms with van der Waals surface area (Å²) in [5, 5.41) is 8.34. The lowest BCUT2D eigenvalue weighted by Crippen LogP contribution is -2.43. The van der Waals surface area contributed by atoms with Gasteiger partial charge in [0.05, 0.1) is 0 Å². The maximum absolute atomic E-state index is 13.5.